The Morgan fingerprint density at radius 2 is 1.62 bits per heavy atom. The second-order valence-electron chi connectivity index (χ2n) is 8.00. The number of amides is 3. The summed E-state index contributed by atoms with van der Waals surface area (Å²) in [6, 6.07) is 13.1. The van der Waals surface area contributed by atoms with Crippen molar-refractivity contribution in [2.24, 2.45) is 5.10 Å². The molecule has 174 valence electrons. The standard InChI is InChI=1S/C25H24N4O5/c1-14-10-12-16(13-11-14)23(31)27-29-25(33)22-15(2)21-18(7-5-9-20(21)34-22)26-28-24(32)17-6-3-4-8-19(17)30/h3-4,6,8,10-13,30H,5,7,9H2,1-2H3,(H,27,31)(H,28,32)(H,29,33)/b26-18+. The molecule has 0 fully saturated rings. The lowest BCUT2D eigenvalue weighted by Crippen LogP contribution is -2.41. The Bertz CT molecular complexity index is 1290. The SMILES string of the molecule is Cc1ccc(C(=O)NNC(=O)c2oc3c(c2C)/C(=N/NC(=O)c2ccccc2O)CCC3)cc1. The summed E-state index contributed by atoms with van der Waals surface area (Å²) in [5.41, 5.74) is 10.6. The van der Waals surface area contributed by atoms with Crippen molar-refractivity contribution in [1.29, 1.82) is 0 Å². The van der Waals surface area contributed by atoms with Gasteiger partial charge in [0.25, 0.3) is 11.8 Å². The molecule has 0 saturated heterocycles. The Hall–Kier alpha value is -4.40. The van der Waals surface area contributed by atoms with Crippen molar-refractivity contribution in [3.05, 3.63) is 87.9 Å². The number of phenolic OH excluding ortho intramolecular Hbond substituents is 1. The molecule has 1 heterocycles. The van der Waals surface area contributed by atoms with E-state index in [9.17, 15) is 19.5 Å². The molecule has 0 radical (unpaired) electrons. The fourth-order valence-corrected chi connectivity index (χ4v) is 3.79. The number of hydrazone groups is 1. The molecule has 0 aliphatic heterocycles. The largest absolute Gasteiger partial charge is 0.507 e. The molecule has 3 aromatic rings. The molecule has 4 N–H and O–H groups in total. The van der Waals surface area contributed by atoms with Crippen LogP contribution in [0.5, 0.6) is 5.75 Å². The van der Waals surface area contributed by atoms with Gasteiger partial charge in [-0.05, 0) is 51.0 Å². The van der Waals surface area contributed by atoms with E-state index in [1.807, 2.05) is 6.92 Å². The number of nitrogens with one attached hydrogen (secondary N) is 3. The van der Waals surface area contributed by atoms with Crippen LogP contribution in [0, 0.1) is 13.8 Å². The van der Waals surface area contributed by atoms with Crippen LogP contribution in [0.3, 0.4) is 0 Å². The van der Waals surface area contributed by atoms with Crippen molar-refractivity contribution in [3.8, 4) is 5.75 Å². The van der Waals surface area contributed by atoms with Gasteiger partial charge in [0.15, 0.2) is 5.76 Å². The first-order chi connectivity index (χ1) is 16.3. The van der Waals surface area contributed by atoms with Gasteiger partial charge in [0.05, 0.1) is 11.3 Å². The van der Waals surface area contributed by atoms with Crippen LogP contribution in [-0.4, -0.2) is 28.5 Å². The quantitative estimate of drug-likeness (QED) is 0.444. The Balaban J connectivity index is 1.48. The Morgan fingerprint density at radius 3 is 2.35 bits per heavy atom. The molecule has 9 nitrogen and oxygen atoms in total. The first kappa shape index (κ1) is 22.8. The van der Waals surface area contributed by atoms with E-state index in [0.29, 0.717) is 41.0 Å². The summed E-state index contributed by atoms with van der Waals surface area (Å²) in [4.78, 5) is 37.4. The molecule has 0 saturated carbocycles. The zero-order chi connectivity index (χ0) is 24.2. The number of carbonyl (C=O) groups excluding carboxylic acids is 3. The number of carbonyl (C=O) groups is 3. The van der Waals surface area contributed by atoms with Crippen molar-refractivity contribution in [3.63, 3.8) is 0 Å². The molecule has 0 spiro atoms. The van der Waals surface area contributed by atoms with Crippen molar-refractivity contribution in [2.75, 3.05) is 0 Å². The minimum absolute atomic E-state index is 0.0656. The molecule has 1 aliphatic rings. The number of aryl methyl sites for hydroxylation is 2. The molecule has 4 rings (SSSR count). The number of hydrogen-bond donors (Lipinski definition) is 4. The maximum absolute atomic E-state index is 12.7. The van der Waals surface area contributed by atoms with E-state index in [0.717, 1.165) is 12.0 Å². The lowest BCUT2D eigenvalue weighted by atomic mass is 9.93. The van der Waals surface area contributed by atoms with Crippen LogP contribution in [0.25, 0.3) is 0 Å². The fraction of sp³-hybridized carbons (Fsp3) is 0.200. The highest BCUT2D eigenvalue weighted by Crippen LogP contribution is 2.30. The number of hydrogen-bond acceptors (Lipinski definition) is 6. The molecular weight excluding hydrogens is 436 g/mol. The lowest BCUT2D eigenvalue weighted by molar-refractivity contribution is 0.0829. The Kier molecular flexibility index (Phi) is 6.44. The van der Waals surface area contributed by atoms with Gasteiger partial charge in [-0.15, -0.1) is 0 Å². The molecule has 0 atom stereocenters. The molecule has 0 unspecified atom stereocenters. The summed E-state index contributed by atoms with van der Waals surface area (Å²) in [7, 11) is 0. The van der Waals surface area contributed by atoms with Crippen molar-refractivity contribution in [2.45, 2.75) is 33.1 Å². The summed E-state index contributed by atoms with van der Waals surface area (Å²) in [5, 5.41) is 14.1. The second-order valence-corrected chi connectivity index (χ2v) is 8.00. The van der Waals surface area contributed by atoms with Crippen molar-refractivity contribution >= 4 is 23.4 Å². The van der Waals surface area contributed by atoms with Crippen molar-refractivity contribution < 1.29 is 23.9 Å². The number of benzene rings is 2. The van der Waals surface area contributed by atoms with Crippen LogP contribution < -0.4 is 16.3 Å². The third-order valence-corrected chi connectivity index (χ3v) is 5.58. The van der Waals surface area contributed by atoms with E-state index in [-0.39, 0.29) is 17.1 Å². The highest BCUT2D eigenvalue weighted by atomic mass is 16.4. The van der Waals surface area contributed by atoms with E-state index in [2.05, 4.69) is 21.4 Å². The summed E-state index contributed by atoms with van der Waals surface area (Å²) in [6.45, 7) is 3.64. The Morgan fingerprint density at radius 1 is 0.912 bits per heavy atom. The number of hydrazine groups is 1. The average Bonchev–Trinajstić information content (AvgIpc) is 3.18. The zero-order valence-electron chi connectivity index (χ0n) is 18.8. The number of furan rings is 1. The molecule has 0 bridgehead atoms. The van der Waals surface area contributed by atoms with Crippen LogP contribution in [0.2, 0.25) is 0 Å². The topological polar surface area (TPSA) is 133 Å². The van der Waals surface area contributed by atoms with Gasteiger partial charge in [-0.2, -0.15) is 5.10 Å². The van der Waals surface area contributed by atoms with Crippen LogP contribution >= 0.6 is 0 Å². The molecule has 9 heteroatoms. The van der Waals surface area contributed by atoms with Gasteiger partial charge in [0.1, 0.15) is 11.5 Å². The Labute approximate surface area is 195 Å². The summed E-state index contributed by atoms with van der Waals surface area (Å²) < 4.78 is 5.80. The number of aromatic hydroxyl groups is 1. The van der Waals surface area contributed by atoms with E-state index < -0.39 is 17.7 Å². The van der Waals surface area contributed by atoms with Crippen LogP contribution in [0.4, 0.5) is 0 Å². The monoisotopic (exact) mass is 460 g/mol. The maximum Gasteiger partial charge on any atom is 0.305 e. The third kappa shape index (κ3) is 4.68. The molecule has 34 heavy (non-hydrogen) atoms. The summed E-state index contributed by atoms with van der Waals surface area (Å²) >= 11 is 0. The molecule has 1 aromatic heterocycles. The highest BCUT2D eigenvalue weighted by Gasteiger charge is 2.28. The second kappa shape index (κ2) is 9.62. The zero-order valence-corrected chi connectivity index (χ0v) is 18.8. The molecule has 1 aliphatic carbocycles. The third-order valence-electron chi connectivity index (χ3n) is 5.58. The lowest BCUT2D eigenvalue weighted by Gasteiger charge is -2.13. The highest BCUT2D eigenvalue weighted by molar-refractivity contribution is 6.07. The smallest absolute Gasteiger partial charge is 0.305 e. The first-order valence-corrected chi connectivity index (χ1v) is 10.8. The van der Waals surface area contributed by atoms with Crippen LogP contribution in [-0.2, 0) is 6.42 Å². The predicted octanol–water partition coefficient (Wildman–Crippen LogP) is 3.15. The number of phenols is 1. The van der Waals surface area contributed by atoms with Gasteiger partial charge < -0.3 is 9.52 Å². The van der Waals surface area contributed by atoms with Gasteiger partial charge in [-0.25, -0.2) is 5.43 Å². The van der Waals surface area contributed by atoms with E-state index in [4.69, 9.17) is 4.42 Å². The fourth-order valence-electron chi connectivity index (χ4n) is 3.79. The van der Waals surface area contributed by atoms with Crippen molar-refractivity contribution in [1.82, 2.24) is 16.3 Å². The first-order valence-electron chi connectivity index (χ1n) is 10.8. The number of fused-ring (bicyclic) bond motifs is 1. The number of para-hydroxylation sites is 1. The van der Waals surface area contributed by atoms with Gasteiger partial charge >= 0.3 is 5.91 Å². The van der Waals surface area contributed by atoms with E-state index in [1.54, 1.807) is 43.3 Å². The van der Waals surface area contributed by atoms with Gasteiger partial charge in [0.2, 0.25) is 0 Å². The summed E-state index contributed by atoms with van der Waals surface area (Å²) in [5.74, 6) is -1.07. The van der Waals surface area contributed by atoms with Gasteiger partial charge in [0, 0.05) is 23.1 Å². The number of nitrogens with zero attached hydrogens (tertiary/aromatic N) is 1. The van der Waals surface area contributed by atoms with Crippen LogP contribution in [0.15, 0.2) is 58.0 Å². The molecule has 2 aromatic carbocycles. The maximum atomic E-state index is 12.7. The minimum Gasteiger partial charge on any atom is -0.507 e. The summed E-state index contributed by atoms with van der Waals surface area (Å²) in [6.07, 6.45) is 1.93. The number of rotatable bonds is 4. The normalized spacial score (nSPS) is 13.8. The average molecular weight is 460 g/mol. The van der Waals surface area contributed by atoms with Gasteiger partial charge in [-0.1, -0.05) is 29.8 Å². The predicted molar refractivity (Wildman–Crippen MR) is 125 cm³/mol. The molecule has 3 amide bonds. The minimum atomic E-state index is -0.593. The van der Waals surface area contributed by atoms with E-state index in [1.165, 1.54) is 12.1 Å². The van der Waals surface area contributed by atoms with Gasteiger partial charge in [-0.3, -0.25) is 25.2 Å². The molecular formula is C25H24N4O5. The van der Waals surface area contributed by atoms with Crippen LogP contribution in [0.1, 0.15) is 66.6 Å². The van der Waals surface area contributed by atoms with E-state index >= 15 is 0 Å².